The van der Waals surface area contributed by atoms with E-state index in [0.717, 1.165) is 17.4 Å². The molecule has 3 rings (SSSR count). The van der Waals surface area contributed by atoms with E-state index < -0.39 is 10.0 Å². The number of carbonyl (C=O) groups is 1. The van der Waals surface area contributed by atoms with E-state index in [9.17, 15) is 13.2 Å². The Balaban J connectivity index is 1.98. The van der Waals surface area contributed by atoms with E-state index in [1.54, 1.807) is 12.1 Å². The van der Waals surface area contributed by atoms with Crippen molar-refractivity contribution in [1.29, 1.82) is 0 Å². The number of carbonyl (C=O) groups excluding carboxylic acids is 1. The average Bonchev–Trinajstić information content (AvgIpc) is 3.00. The monoisotopic (exact) mass is 371 g/mol. The molecule has 2 aromatic rings. The molecule has 1 heterocycles. The molecule has 1 N–H and O–H groups in total. The summed E-state index contributed by atoms with van der Waals surface area (Å²) in [5.74, 6) is -0.154. The van der Waals surface area contributed by atoms with E-state index in [4.69, 9.17) is 0 Å². The summed E-state index contributed by atoms with van der Waals surface area (Å²) in [5, 5.41) is 5.96. The van der Waals surface area contributed by atoms with E-state index in [2.05, 4.69) is 9.82 Å². The molecular formula is C19H21N3O3S. The van der Waals surface area contributed by atoms with Gasteiger partial charge < -0.3 is 0 Å². The number of aryl methyl sites for hydroxylation is 1. The first kappa shape index (κ1) is 18.1. The zero-order valence-electron chi connectivity index (χ0n) is 14.9. The van der Waals surface area contributed by atoms with Gasteiger partial charge in [0.1, 0.15) is 0 Å². The minimum atomic E-state index is -3.42. The van der Waals surface area contributed by atoms with Gasteiger partial charge in [0.05, 0.1) is 23.7 Å². The third kappa shape index (κ3) is 3.94. The molecule has 136 valence electrons. The third-order valence-electron chi connectivity index (χ3n) is 4.23. The summed E-state index contributed by atoms with van der Waals surface area (Å²) in [6.45, 7) is 3.49. The predicted molar refractivity (Wildman–Crippen MR) is 103 cm³/mol. The SMILES string of the molecule is CC(=O)N1N=C(c2ccccc2NS(C)(=O)=O)C[C@@H]1c1ccc(C)cc1. The summed E-state index contributed by atoms with van der Waals surface area (Å²) >= 11 is 0. The van der Waals surface area contributed by atoms with Gasteiger partial charge in [-0.1, -0.05) is 48.0 Å². The van der Waals surface area contributed by atoms with Crippen LogP contribution in [0.2, 0.25) is 0 Å². The summed E-state index contributed by atoms with van der Waals surface area (Å²) in [6.07, 6.45) is 1.63. The van der Waals surface area contributed by atoms with Gasteiger partial charge in [0, 0.05) is 18.9 Å². The summed E-state index contributed by atoms with van der Waals surface area (Å²) in [4.78, 5) is 12.1. The maximum absolute atomic E-state index is 12.1. The molecule has 2 aromatic carbocycles. The Morgan fingerprint density at radius 1 is 1.15 bits per heavy atom. The Bertz CT molecular complexity index is 966. The van der Waals surface area contributed by atoms with Gasteiger partial charge in [-0.2, -0.15) is 5.10 Å². The van der Waals surface area contributed by atoms with Crippen molar-refractivity contribution in [3.8, 4) is 0 Å². The molecule has 1 amide bonds. The second-order valence-electron chi connectivity index (χ2n) is 6.46. The third-order valence-corrected chi connectivity index (χ3v) is 4.82. The molecule has 0 fully saturated rings. The average molecular weight is 371 g/mol. The molecule has 1 aliphatic heterocycles. The van der Waals surface area contributed by atoms with Crippen LogP contribution in [0.5, 0.6) is 0 Å². The Hall–Kier alpha value is -2.67. The molecule has 0 radical (unpaired) electrons. The number of hydrogen-bond acceptors (Lipinski definition) is 4. The fraction of sp³-hybridized carbons (Fsp3) is 0.263. The van der Waals surface area contributed by atoms with Crippen molar-refractivity contribution in [2.45, 2.75) is 26.3 Å². The number of anilines is 1. The van der Waals surface area contributed by atoms with Crippen LogP contribution in [0.25, 0.3) is 0 Å². The highest BCUT2D eigenvalue weighted by Gasteiger charge is 2.32. The van der Waals surface area contributed by atoms with Crippen molar-refractivity contribution in [2.75, 3.05) is 11.0 Å². The zero-order chi connectivity index (χ0) is 18.9. The summed E-state index contributed by atoms with van der Waals surface area (Å²) < 4.78 is 25.8. The Morgan fingerprint density at radius 3 is 2.42 bits per heavy atom. The van der Waals surface area contributed by atoms with E-state index in [-0.39, 0.29) is 11.9 Å². The van der Waals surface area contributed by atoms with Gasteiger partial charge in [0.15, 0.2) is 0 Å². The number of sulfonamides is 1. The lowest BCUT2D eigenvalue weighted by molar-refractivity contribution is -0.130. The molecule has 26 heavy (non-hydrogen) atoms. The number of nitrogens with one attached hydrogen (secondary N) is 1. The molecule has 0 bridgehead atoms. The number of amides is 1. The van der Waals surface area contributed by atoms with Crippen LogP contribution in [0.15, 0.2) is 53.6 Å². The van der Waals surface area contributed by atoms with E-state index >= 15 is 0 Å². The largest absolute Gasteiger partial charge is 0.283 e. The van der Waals surface area contributed by atoms with Crippen LogP contribution in [-0.2, 0) is 14.8 Å². The van der Waals surface area contributed by atoms with Gasteiger partial charge in [-0.05, 0) is 18.6 Å². The van der Waals surface area contributed by atoms with Crippen LogP contribution in [0.4, 0.5) is 5.69 Å². The lowest BCUT2D eigenvalue weighted by Gasteiger charge is -2.20. The quantitative estimate of drug-likeness (QED) is 0.897. The number of hydrazone groups is 1. The van der Waals surface area contributed by atoms with Crippen LogP contribution in [0, 0.1) is 6.92 Å². The highest BCUT2D eigenvalue weighted by molar-refractivity contribution is 7.92. The van der Waals surface area contributed by atoms with Crippen LogP contribution in [-0.4, -0.2) is 31.3 Å². The van der Waals surface area contributed by atoms with Gasteiger partial charge in [0.2, 0.25) is 15.9 Å². The standard InChI is InChI=1S/C19H21N3O3S/c1-13-8-10-15(11-9-13)19-12-18(20-22(19)14(2)23)16-6-4-5-7-17(16)21-26(3,24)25/h4-11,19,21H,12H2,1-3H3/t19-/m1/s1. The molecule has 0 aliphatic carbocycles. The normalized spacial score (nSPS) is 17.1. The Kier molecular flexibility index (Phi) is 4.82. The van der Waals surface area contributed by atoms with Gasteiger partial charge in [-0.25, -0.2) is 13.4 Å². The summed E-state index contributed by atoms with van der Waals surface area (Å²) in [6, 6.07) is 14.9. The zero-order valence-corrected chi connectivity index (χ0v) is 15.7. The van der Waals surface area contributed by atoms with Crippen LogP contribution < -0.4 is 4.72 Å². The molecular weight excluding hydrogens is 350 g/mol. The number of nitrogens with zero attached hydrogens (tertiary/aromatic N) is 2. The first-order chi connectivity index (χ1) is 12.2. The van der Waals surface area contributed by atoms with Gasteiger partial charge in [0.25, 0.3) is 0 Å². The second kappa shape index (κ2) is 6.92. The highest BCUT2D eigenvalue weighted by atomic mass is 32.2. The number of rotatable bonds is 4. The minimum Gasteiger partial charge on any atom is -0.283 e. The molecule has 7 heteroatoms. The van der Waals surface area contributed by atoms with Crippen LogP contribution in [0.1, 0.15) is 36.1 Å². The van der Waals surface area contributed by atoms with Gasteiger partial charge >= 0.3 is 0 Å². The fourth-order valence-electron chi connectivity index (χ4n) is 3.04. The Labute approximate surface area is 153 Å². The maximum atomic E-state index is 12.1. The fourth-order valence-corrected chi connectivity index (χ4v) is 3.61. The van der Waals surface area contributed by atoms with Crippen molar-refractivity contribution < 1.29 is 13.2 Å². The van der Waals surface area contributed by atoms with Crippen molar-refractivity contribution in [3.63, 3.8) is 0 Å². The first-order valence-electron chi connectivity index (χ1n) is 8.25. The summed E-state index contributed by atoms with van der Waals surface area (Å²) in [7, 11) is -3.42. The van der Waals surface area contributed by atoms with Gasteiger partial charge in [-0.3, -0.25) is 9.52 Å². The van der Waals surface area contributed by atoms with Crippen molar-refractivity contribution >= 4 is 27.3 Å². The smallest absolute Gasteiger partial charge is 0.240 e. The molecule has 1 atom stereocenters. The van der Waals surface area contributed by atoms with Crippen LogP contribution in [0.3, 0.4) is 0 Å². The van der Waals surface area contributed by atoms with Crippen molar-refractivity contribution in [1.82, 2.24) is 5.01 Å². The molecule has 1 aliphatic rings. The highest BCUT2D eigenvalue weighted by Crippen LogP contribution is 2.34. The van der Waals surface area contributed by atoms with E-state index in [1.165, 1.54) is 11.9 Å². The minimum absolute atomic E-state index is 0.154. The van der Waals surface area contributed by atoms with Gasteiger partial charge in [-0.15, -0.1) is 0 Å². The van der Waals surface area contributed by atoms with E-state index in [0.29, 0.717) is 23.4 Å². The molecule has 0 unspecified atom stereocenters. The lowest BCUT2D eigenvalue weighted by Crippen LogP contribution is -2.24. The number of hydrogen-bond donors (Lipinski definition) is 1. The molecule has 0 aromatic heterocycles. The maximum Gasteiger partial charge on any atom is 0.240 e. The van der Waals surface area contributed by atoms with Crippen molar-refractivity contribution in [2.24, 2.45) is 5.10 Å². The molecule has 0 saturated carbocycles. The van der Waals surface area contributed by atoms with E-state index in [1.807, 2.05) is 43.3 Å². The second-order valence-corrected chi connectivity index (χ2v) is 8.21. The topological polar surface area (TPSA) is 78.8 Å². The number of benzene rings is 2. The molecule has 6 nitrogen and oxygen atoms in total. The molecule has 0 spiro atoms. The van der Waals surface area contributed by atoms with Crippen molar-refractivity contribution in [3.05, 3.63) is 65.2 Å². The number of para-hydroxylation sites is 1. The lowest BCUT2D eigenvalue weighted by atomic mass is 9.97. The Morgan fingerprint density at radius 2 is 1.81 bits per heavy atom. The summed E-state index contributed by atoms with van der Waals surface area (Å²) in [5.41, 5.74) is 3.96. The molecule has 0 saturated heterocycles. The first-order valence-corrected chi connectivity index (χ1v) is 10.1. The van der Waals surface area contributed by atoms with Crippen LogP contribution >= 0.6 is 0 Å². The predicted octanol–water partition coefficient (Wildman–Crippen LogP) is 3.06.